The summed E-state index contributed by atoms with van der Waals surface area (Å²) >= 11 is 7.49. The zero-order valence-electron chi connectivity index (χ0n) is 12.6. The van der Waals surface area contributed by atoms with Gasteiger partial charge < -0.3 is 14.7 Å². The Bertz CT molecular complexity index is 853. The zero-order valence-corrected chi connectivity index (χ0v) is 14.2. The van der Waals surface area contributed by atoms with E-state index >= 15 is 0 Å². The smallest absolute Gasteiger partial charge is 0.185 e. The van der Waals surface area contributed by atoms with Crippen LogP contribution in [-0.2, 0) is 6.54 Å². The minimum atomic E-state index is 0.125. The van der Waals surface area contributed by atoms with Crippen molar-refractivity contribution in [2.75, 3.05) is 18.1 Å². The number of hydrogen-bond acceptors (Lipinski definition) is 6. The van der Waals surface area contributed by atoms with Crippen LogP contribution in [0, 0.1) is 0 Å². The fraction of sp³-hybridized carbons (Fsp3) is 0.176. The number of aromatic hydroxyl groups is 1. The molecule has 0 radical (unpaired) electrons. The Hall–Kier alpha value is -2.31. The fourth-order valence-corrected chi connectivity index (χ4v) is 3.51. The summed E-state index contributed by atoms with van der Waals surface area (Å²) in [6.45, 7) is 1.84. The maximum Gasteiger partial charge on any atom is 0.185 e. The molecule has 0 amide bonds. The summed E-state index contributed by atoms with van der Waals surface area (Å²) in [5, 5.41) is 13.9. The zero-order chi connectivity index (χ0) is 16.5. The minimum absolute atomic E-state index is 0.125. The van der Waals surface area contributed by atoms with Crippen LogP contribution in [0.25, 0.3) is 11.3 Å². The summed E-state index contributed by atoms with van der Waals surface area (Å²) in [6, 6.07) is 7.29. The van der Waals surface area contributed by atoms with Crippen LogP contribution in [0.3, 0.4) is 0 Å². The molecule has 4 rings (SSSR count). The van der Waals surface area contributed by atoms with Gasteiger partial charge in [0.2, 0.25) is 0 Å². The molecule has 3 aromatic rings. The molecule has 3 heterocycles. The Morgan fingerprint density at radius 2 is 2.17 bits per heavy atom. The van der Waals surface area contributed by atoms with Gasteiger partial charge >= 0.3 is 0 Å². The van der Waals surface area contributed by atoms with Crippen molar-refractivity contribution in [2.24, 2.45) is 0 Å². The molecular weight excluding hydrogens is 346 g/mol. The number of thiazole rings is 1. The Labute approximate surface area is 148 Å². The van der Waals surface area contributed by atoms with Gasteiger partial charge in [-0.2, -0.15) is 0 Å². The van der Waals surface area contributed by atoms with E-state index in [1.54, 1.807) is 35.9 Å². The maximum atomic E-state index is 10.4. The molecule has 0 fully saturated rings. The van der Waals surface area contributed by atoms with Crippen molar-refractivity contribution in [1.29, 1.82) is 0 Å². The summed E-state index contributed by atoms with van der Waals surface area (Å²) in [4.78, 5) is 10.8. The molecule has 1 N–H and O–H groups in total. The van der Waals surface area contributed by atoms with E-state index in [2.05, 4.69) is 14.9 Å². The van der Waals surface area contributed by atoms with E-state index in [9.17, 15) is 5.11 Å². The van der Waals surface area contributed by atoms with E-state index in [0.717, 1.165) is 28.5 Å². The highest BCUT2D eigenvalue weighted by atomic mass is 35.5. The van der Waals surface area contributed by atoms with Crippen molar-refractivity contribution in [1.82, 2.24) is 9.97 Å². The lowest BCUT2D eigenvalue weighted by molar-refractivity contribution is 0.312. The van der Waals surface area contributed by atoms with Gasteiger partial charge in [-0.05, 0) is 24.3 Å². The number of rotatable bonds is 2. The third kappa shape index (κ3) is 2.90. The molecule has 0 unspecified atom stereocenters. The number of fused-ring (bicyclic) bond motifs is 1. The average Bonchev–Trinajstić information content (AvgIpc) is 3.02. The first-order chi connectivity index (χ1) is 11.7. The Morgan fingerprint density at radius 3 is 2.92 bits per heavy atom. The highest BCUT2D eigenvalue weighted by molar-refractivity contribution is 7.13. The lowest BCUT2D eigenvalue weighted by Crippen LogP contribution is -2.24. The summed E-state index contributed by atoms with van der Waals surface area (Å²) < 4.78 is 5.76. The second-order valence-corrected chi connectivity index (χ2v) is 6.74. The van der Waals surface area contributed by atoms with Gasteiger partial charge in [-0.3, -0.25) is 4.98 Å². The molecule has 0 saturated heterocycles. The predicted molar refractivity (Wildman–Crippen MR) is 95.0 cm³/mol. The van der Waals surface area contributed by atoms with Crippen molar-refractivity contribution in [3.05, 3.63) is 52.6 Å². The van der Waals surface area contributed by atoms with E-state index in [4.69, 9.17) is 16.3 Å². The van der Waals surface area contributed by atoms with Crippen molar-refractivity contribution in [3.8, 4) is 22.8 Å². The number of hydrogen-bond donors (Lipinski definition) is 1. The van der Waals surface area contributed by atoms with E-state index < -0.39 is 0 Å². The number of anilines is 1. The molecule has 1 aliphatic heterocycles. The number of aromatic nitrogens is 2. The van der Waals surface area contributed by atoms with Crippen molar-refractivity contribution in [2.45, 2.75) is 6.54 Å². The molecular formula is C17H14ClN3O2S. The quantitative estimate of drug-likeness (QED) is 0.750. The summed E-state index contributed by atoms with van der Waals surface area (Å²) in [5.74, 6) is 0.659. The van der Waals surface area contributed by atoms with E-state index in [1.807, 2.05) is 17.5 Å². The number of pyridine rings is 1. The molecule has 2 aromatic heterocycles. The lowest BCUT2D eigenvalue weighted by atomic mass is 10.1. The largest absolute Gasteiger partial charge is 0.504 e. The first-order valence-corrected chi connectivity index (χ1v) is 8.71. The van der Waals surface area contributed by atoms with Gasteiger partial charge in [0, 0.05) is 35.4 Å². The maximum absolute atomic E-state index is 10.4. The number of nitrogens with zero attached hydrogens (tertiary/aromatic N) is 3. The summed E-state index contributed by atoms with van der Waals surface area (Å²) in [5.41, 5.74) is 2.49. The Kier molecular flexibility index (Phi) is 4.00. The molecule has 1 aliphatic rings. The van der Waals surface area contributed by atoms with Crippen LogP contribution in [0.5, 0.6) is 11.5 Å². The molecule has 0 saturated carbocycles. The van der Waals surface area contributed by atoms with Crippen LogP contribution in [0.1, 0.15) is 5.56 Å². The molecule has 5 nitrogen and oxygen atoms in total. The van der Waals surface area contributed by atoms with E-state index in [0.29, 0.717) is 23.9 Å². The number of ether oxygens (including phenoxy) is 1. The third-order valence-corrected chi connectivity index (χ3v) is 4.88. The monoisotopic (exact) mass is 359 g/mol. The van der Waals surface area contributed by atoms with Crippen molar-refractivity contribution < 1.29 is 9.84 Å². The normalized spacial score (nSPS) is 14.0. The van der Waals surface area contributed by atoms with Gasteiger partial charge in [-0.25, -0.2) is 4.98 Å². The van der Waals surface area contributed by atoms with Crippen LogP contribution in [-0.4, -0.2) is 28.2 Å². The molecule has 122 valence electrons. The number of phenolic OH excluding ortho intramolecular Hbond substituents is 1. The van der Waals surface area contributed by atoms with Crippen LogP contribution < -0.4 is 9.64 Å². The molecule has 7 heteroatoms. The SMILES string of the molecule is Oc1cc(-c2ccc(Cl)cn2)cc2c1OCCN(c1nccs1)C2. The first kappa shape index (κ1) is 15.2. The highest BCUT2D eigenvalue weighted by Gasteiger charge is 2.21. The topological polar surface area (TPSA) is 58.5 Å². The second kappa shape index (κ2) is 6.30. The first-order valence-electron chi connectivity index (χ1n) is 7.46. The summed E-state index contributed by atoms with van der Waals surface area (Å²) in [7, 11) is 0. The summed E-state index contributed by atoms with van der Waals surface area (Å²) in [6.07, 6.45) is 3.39. The number of halogens is 1. The molecule has 0 bridgehead atoms. The molecule has 1 aromatic carbocycles. The van der Waals surface area contributed by atoms with Crippen molar-refractivity contribution >= 4 is 28.1 Å². The highest BCUT2D eigenvalue weighted by Crippen LogP contribution is 2.38. The van der Waals surface area contributed by atoms with Gasteiger partial charge in [0.05, 0.1) is 17.3 Å². The van der Waals surface area contributed by atoms with Gasteiger partial charge in [0.15, 0.2) is 16.6 Å². The Morgan fingerprint density at radius 1 is 1.25 bits per heavy atom. The van der Waals surface area contributed by atoms with E-state index in [-0.39, 0.29) is 5.75 Å². The second-order valence-electron chi connectivity index (χ2n) is 5.43. The molecule has 0 atom stereocenters. The number of benzene rings is 1. The van der Waals surface area contributed by atoms with Crippen molar-refractivity contribution in [3.63, 3.8) is 0 Å². The third-order valence-electron chi connectivity index (χ3n) is 3.83. The molecule has 0 aliphatic carbocycles. The van der Waals surface area contributed by atoms with Gasteiger partial charge in [-0.1, -0.05) is 11.6 Å². The van der Waals surface area contributed by atoms with E-state index in [1.165, 1.54) is 0 Å². The molecule has 0 spiro atoms. The predicted octanol–water partition coefficient (Wildman–Crippen LogP) is 3.96. The lowest BCUT2D eigenvalue weighted by Gasteiger charge is -2.18. The van der Waals surface area contributed by atoms with Gasteiger partial charge in [0.25, 0.3) is 0 Å². The minimum Gasteiger partial charge on any atom is -0.504 e. The number of phenols is 1. The Balaban J connectivity index is 1.74. The van der Waals surface area contributed by atoms with Gasteiger partial charge in [-0.15, -0.1) is 11.3 Å². The van der Waals surface area contributed by atoms with Crippen LogP contribution in [0.2, 0.25) is 5.02 Å². The van der Waals surface area contributed by atoms with Crippen LogP contribution in [0.15, 0.2) is 42.0 Å². The van der Waals surface area contributed by atoms with Crippen LogP contribution in [0.4, 0.5) is 5.13 Å². The standard InChI is InChI=1S/C17H14ClN3O2S/c18-13-1-2-14(20-9-13)11-7-12-10-21(17-19-3-6-24-17)4-5-23-16(12)15(22)8-11/h1-3,6-9,22H,4-5,10H2. The molecule has 24 heavy (non-hydrogen) atoms. The fourth-order valence-electron chi connectivity index (χ4n) is 2.73. The van der Waals surface area contributed by atoms with Gasteiger partial charge in [0.1, 0.15) is 6.61 Å². The average molecular weight is 360 g/mol. The van der Waals surface area contributed by atoms with Crippen LogP contribution >= 0.6 is 22.9 Å².